The summed E-state index contributed by atoms with van der Waals surface area (Å²) < 4.78 is 82.2. The second kappa shape index (κ2) is 11.0. The number of halogens is 4. The second-order valence-corrected chi connectivity index (χ2v) is 11.3. The van der Waals surface area contributed by atoms with E-state index in [1.165, 1.54) is 18.2 Å². The van der Waals surface area contributed by atoms with Gasteiger partial charge in [-0.25, -0.2) is 9.11 Å². The summed E-state index contributed by atoms with van der Waals surface area (Å²) in [6.07, 6.45) is -0.381. The third-order valence-electron chi connectivity index (χ3n) is 6.86. The number of nitrogens with one attached hydrogen (secondary N) is 1. The second-order valence-electron chi connectivity index (χ2n) is 9.61. The number of rotatable bonds is 6. The van der Waals surface area contributed by atoms with Gasteiger partial charge in [-0.2, -0.15) is 21.6 Å². The minimum Gasteiger partial charge on any atom is -0.493 e. The smallest absolute Gasteiger partial charge is 0.493 e. The predicted molar refractivity (Wildman–Crippen MR) is 144 cm³/mol. The van der Waals surface area contributed by atoms with Gasteiger partial charge in [0.25, 0.3) is 5.91 Å². The van der Waals surface area contributed by atoms with Crippen molar-refractivity contribution in [1.29, 1.82) is 0 Å². The standard InChI is InChI=1S/C30H23F4NO5S/c31-23-11-13-24(29(37)35-41(38,39)30(32,33)34)26(16-23)21-10-12-25-27(15-21)40-17-22(28(25)36)14-18-6-8-20(9-7-18)19-4-2-1-3-5-19/h1-13,15-16,22,28,36H,14,17H2,(H,35,37)/t22?,28-/m1/s1. The van der Waals surface area contributed by atoms with E-state index in [9.17, 15) is 35.9 Å². The van der Waals surface area contributed by atoms with E-state index in [1.54, 1.807) is 0 Å². The lowest BCUT2D eigenvalue weighted by Crippen LogP contribution is -2.40. The molecule has 0 aliphatic carbocycles. The summed E-state index contributed by atoms with van der Waals surface area (Å²) in [6, 6.07) is 24.9. The third kappa shape index (κ3) is 5.96. The molecule has 0 aromatic heterocycles. The monoisotopic (exact) mass is 585 g/mol. The quantitative estimate of drug-likeness (QED) is 0.270. The van der Waals surface area contributed by atoms with Gasteiger partial charge in [-0.1, -0.05) is 66.7 Å². The van der Waals surface area contributed by atoms with Gasteiger partial charge in [0.1, 0.15) is 11.6 Å². The molecular formula is C30H23F4NO5S. The van der Waals surface area contributed by atoms with Crippen molar-refractivity contribution in [3.8, 4) is 28.0 Å². The number of hydrogen-bond donors (Lipinski definition) is 2. The SMILES string of the molecule is O=C(NS(=O)(=O)C(F)(F)F)c1ccc(F)cc1-c1ccc2c(c1)OCC(Cc1ccc(-c3ccccc3)cc1)[C@H]2O. The van der Waals surface area contributed by atoms with Gasteiger partial charge in [-0.3, -0.25) is 4.79 Å². The average Bonchev–Trinajstić information content (AvgIpc) is 2.94. The van der Waals surface area contributed by atoms with E-state index in [0.717, 1.165) is 39.6 Å². The van der Waals surface area contributed by atoms with Crippen LogP contribution in [0.2, 0.25) is 0 Å². The van der Waals surface area contributed by atoms with Crippen LogP contribution in [0.1, 0.15) is 27.6 Å². The Morgan fingerprint density at radius 2 is 1.56 bits per heavy atom. The molecule has 1 heterocycles. The molecule has 0 fully saturated rings. The molecular weight excluding hydrogens is 562 g/mol. The fourth-order valence-electron chi connectivity index (χ4n) is 4.74. The number of ether oxygens (including phenoxy) is 1. The van der Waals surface area contributed by atoms with Crippen molar-refractivity contribution < 1.29 is 40.6 Å². The van der Waals surface area contributed by atoms with Crippen molar-refractivity contribution in [2.45, 2.75) is 18.0 Å². The van der Waals surface area contributed by atoms with Gasteiger partial charge >= 0.3 is 15.5 Å². The Balaban J connectivity index is 1.36. The highest BCUT2D eigenvalue weighted by molar-refractivity contribution is 7.90. The number of alkyl halides is 3. The van der Waals surface area contributed by atoms with Crippen molar-refractivity contribution in [1.82, 2.24) is 4.72 Å². The Morgan fingerprint density at radius 1 is 0.902 bits per heavy atom. The molecule has 4 aromatic carbocycles. The number of amides is 1. The predicted octanol–water partition coefficient (Wildman–Crippen LogP) is 6.02. The average molecular weight is 586 g/mol. The Kier molecular flexibility index (Phi) is 7.58. The largest absolute Gasteiger partial charge is 0.516 e. The summed E-state index contributed by atoms with van der Waals surface area (Å²) in [4.78, 5) is 12.5. The maximum Gasteiger partial charge on any atom is 0.516 e. The number of aliphatic hydroxyl groups is 1. The normalized spacial score (nSPS) is 16.9. The summed E-state index contributed by atoms with van der Waals surface area (Å²) in [5.41, 5.74) is -2.57. The van der Waals surface area contributed by atoms with Crippen LogP contribution < -0.4 is 9.46 Å². The van der Waals surface area contributed by atoms with Gasteiger partial charge in [0.15, 0.2) is 0 Å². The Morgan fingerprint density at radius 3 is 2.24 bits per heavy atom. The minimum atomic E-state index is -5.98. The fourth-order valence-corrected chi connectivity index (χ4v) is 5.21. The molecule has 11 heteroatoms. The van der Waals surface area contributed by atoms with Crippen molar-refractivity contribution in [2.24, 2.45) is 5.92 Å². The highest BCUT2D eigenvalue weighted by atomic mass is 32.2. The molecule has 1 amide bonds. The Hall–Kier alpha value is -4.22. The van der Waals surface area contributed by atoms with Gasteiger partial charge in [-0.05, 0) is 58.5 Å². The number of aliphatic hydroxyl groups excluding tert-OH is 1. The molecule has 0 spiro atoms. The van der Waals surface area contributed by atoms with Crippen molar-refractivity contribution >= 4 is 15.9 Å². The van der Waals surface area contributed by atoms with E-state index >= 15 is 0 Å². The zero-order valence-corrected chi connectivity index (χ0v) is 22.0. The number of fused-ring (bicyclic) bond motifs is 1. The Bertz CT molecular complexity index is 1690. The van der Waals surface area contributed by atoms with Gasteiger partial charge in [0, 0.05) is 17.0 Å². The molecule has 0 saturated carbocycles. The van der Waals surface area contributed by atoms with Crippen LogP contribution in [0.15, 0.2) is 91.0 Å². The van der Waals surface area contributed by atoms with E-state index < -0.39 is 38.9 Å². The zero-order valence-electron chi connectivity index (χ0n) is 21.2. The van der Waals surface area contributed by atoms with E-state index in [-0.39, 0.29) is 29.4 Å². The molecule has 0 saturated heterocycles. The van der Waals surface area contributed by atoms with Crippen molar-refractivity contribution in [3.63, 3.8) is 0 Å². The highest BCUT2D eigenvalue weighted by Crippen LogP contribution is 2.40. The molecule has 0 bridgehead atoms. The summed E-state index contributed by atoms with van der Waals surface area (Å²) in [6.45, 7) is 0.151. The van der Waals surface area contributed by atoms with E-state index in [4.69, 9.17) is 4.74 Å². The number of carbonyl (C=O) groups excluding carboxylic acids is 1. The van der Waals surface area contributed by atoms with E-state index in [1.807, 2.05) is 54.6 Å². The molecule has 41 heavy (non-hydrogen) atoms. The van der Waals surface area contributed by atoms with Crippen LogP contribution in [0.25, 0.3) is 22.3 Å². The van der Waals surface area contributed by atoms with Crippen molar-refractivity contribution in [2.75, 3.05) is 6.61 Å². The van der Waals surface area contributed by atoms with Crippen LogP contribution in [0.3, 0.4) is 0 Å². The van der Waals surface area contributed by atoms with E-state index in [2.05, 4.69) is 0 Å². The van der Waals surface area contributed by atoms with Crippen LogP contribution in [0, 0.1) is 11.7 Å². The first kappa shape index (κ1) is 28.3. The van der Waals surface area contributed by atoms with Gasteiger partial charge in [-0.15, -0.1) is 0 Å². The van der Waals surface area contributed by atoms with Gasteiger partial charge in [0.05, 0.1) is 12.7 Å². The number of carbonyl (C=O) groups is 1. The lowest BCUT2D eigenvalue weighted by atomic mass is 9.86. The molecule has 1 unspecified atom stereocenters. The maximum atomic E-state index is 14.1. The Labute approximate surface area is 233 Å². The maximum absolute atomic E-state index is 14.1. The lowest BCUT2D eigenvalue weighted by Gasteiger charge is -2.31. The summed E-state index contributed by atoms with van der Waals surface area (Å²) in [7, 11) is -5.98. The van der Waals surface area contributed by atoms with Crippen LogP contribution in [-0.4, -0.2) is 31.5 Å². The molecule has 2 atom stereocenters. The van der Waals surface area contributed by atoms with Crippen LogP contribution >= 0.6 is 0 Å². The van der Waals surface area contributed by atoms with Crippen LogP contribution in [0.4, 0.5) is 17.6 Å². The molecule has 2 N–H and O–H groups in total. The van der Waals surface area contributed by atoms with E-state index in [0.29, 0.717) is 12.0 Å². The van der Waals surface area contributed by atoms with Crippen molar-refractivity contribution in [3.05, 3.63) is 114 Å². The molecule has 4 aromatic rings. The van der Waals surface area contributed by atoms with Crippen LogP contribution in [0.5, 0.6) is 5.75 Å². The molecule has 1 aliphatic rings. The zero-order chi connectivity index (χ0) is 29.4. The van der Waals surface area contributed by atoms with Gasteiger partial charge in [0.2, 0.25) is 0 Å². The molecule has 1 aliphatic heterocycles. The first-order chi connectivity index (χ1) is 19.4. The number of benzene rings is 4. The summed E-state index contributed by atoms with van der Waals surface area (Å²) in [5, 5.41) is 11.1. The fraction of sp³-hybridized carbons (Fsp3) is 0.167. The molecule has 212 valence electrons. The molecule has 0 radical (unpaired) electrons. The highest BCUT2D eigenvalue weighted by Gasteiger charge is 2.47. The summed E-state index contributed by atoms with van der Waals surface area (Å²) in [5.74, 6) is -2.40. The first-order valence-corrected chi connectivity index (χ1v) is 13.9. The summed E-state index contributed by atoms with van der Waals surface area (Å²) >= 11 is 0. The van der Waals surface area contributed by atoms with Gasteiger partial charge < -0.3 is 9.84 Å². The molecule has 6 nitrogen and oxygen atoms in total. The third-order valence-corrected chi connectivity index (χ3v) is 7.92. The molecule has 5 rings (SSSR count). The first-order valence-electron chi connectivity index (χ1n) is 12.5. The van der Waals surface area contributed by atoms with Crippen LogP contribution in [-0.2, 0) is 16.4 Å². The number of sulfonamides is 1. The number of hydrogen-bond acceptors (Lipinski definition) is 5. The lowest BCUT2D eigenvalue weighted by molar-refractivity contribution is -0.0446. The topological polar surface area (TPSA) is 92.7 Å². The minimum absolute atomic E-state index is 0.151.